The maximum absolute atomic E-state index is 13.4. The monoisotopic (exact) mass is 431 g/mol. The lowest BCUT2D eigenvalue weighted by Crippen LogP contribution is -2.47. The summed E-state index contributed by atoms with van der Waals surface area (Å²) in [6, 6.07) is 9.05. The second-order valence-corrected chi connectivity index (χ2v) is 10.7. The Morgan fingerprint density at radius 2 is 1.73 bits per heavy atom. The summed E-state index contributed by atoms with van der Waals surface area (Å²) < 4.78 is 34.0. The van der Waals surface area contributed by atoms with Crippen molar-refractivity contribution in [2.24, 2.45) is 5.92 Å². The van der Waals surface area contributed by atoms with Crippen LogP contribution < -0.4 is 0 Å². The average Bonchev–Trinajstić information content (AvgIpc) is 2.96. The minimum absolute atomic E-state index is 0.110. The molecule has 0 bridgehead atoms. The van der Waals surface area contributed by atoms with Crippen molar-refractivity contribution in [1.82, 2.24) is 14.4 Å². The van der Waals surface area contributed by atoms with E-state index in [2.05, 4.69) is 10.1 Å². The number of sulfonamides is 1. The molecule has 0 amide bonds. The number of aromatic nitrogens is 1. The van der Waals surface area contributed by atoms with E-state index in [1.54, 1.807) is 12.1 Å². The molecule has 2 aliphatic heterocycles. The van der Waals surface area contributed by atoms with Crippen molar-refractivity contribution in [1.29, 1.82) is 0 Å². The summed E-state index contributed by atoms with van der Waals surface area (Å²) in [7, 11) is -3.45. The Kier molecular flexibility index (Phi) is 6.60. The Balaban J connectivity index is 1.46. The van der Waals surface area contributed by atoms with Gasteiger partial charge in [-0.05, 0) is 70.7 Å². The van der Waals surface area contributed by atoms with Crippen LogP contribution in [0.1, 0.15) is 55.5 Å². The number of aryl methyl sites for hydroxylation is 2. The summed E-state index contributed by atoms with van der Waals surface area (Å²) in [4.78, 5) is 2.88. The molecule has 4 rings (SSSR count). The second-order valence-electron chi connectivity index (χ2n) is 8.76. The lowest BCUT2D eigenvalue weighted by atomic mass is 9.87. The molecule has 0 saturated carbocycles. The lowest BCUT2D eigenvalue weighted by molar-refractivity contribution is 0.123. The standard InChI is InChI=1S/C23H33N3O3S/c1-18-22(19(2)29-24-18)17-25-15-12-20(13-16-25)23-11-7-4-8-14-26(23)30(27,28)21-9-5-3-6-10-21/h3,5-6,9-10,20,23H,4,7-8,11-17H2,1-2H3/t23-/m0/s1. The van der Waals surface area contributed by atoms with E-state index >= 15 is 0 Å². The minimum Gasteiger partial charge on any atom is -0.361 e. The lowest BCUT2D eigenvalue weighted by Gasteiger charge is -2.40. The van der Waals surface area contributed by atoms with Crippen LogP contribution in [0.4, 0.5) is 0 Å². The number of hydrogen-bond donors (Lipinski definition) is 0. The van der Waals surface area contributed by atoms with Gasteiger partial charge in [-0.15, -0.1) is 0 Å². The molecule has 30 heavy (non-hydrogen) atoms. The van der Waals surface area contributed by atoms with Crippen LogP contribution in [0.2, 0.25) is 0 Å². The molecule has 0 unspecified atom stereocenters. The molecule has 0 aliphatic carbocycles. The van der Waals surface area contributed by atoms with Crippen LogP contribution in [0.15, 0.2) is 39.8 Å². The van der Waals surface area contributed by atoms with Gasteiger partial charge in [0, 0.05) is 24.7 Å². The van der Waals surface area contributed by atoms with Crippen molar-refractivity contribution < 1.29 is 12.9 Å². The molecule has 7 heteroatoms. The Labute approximate surface area is 180 Å². The van der Waals surface area contributed by atoms with E-state index in [1.165, 1.54) is 5.56 Å². The summed E-state index contributed by atoms with van der Waals surface area (Å²) in [5.74, 6) is 1.32. The van der Waals surface area contributed by atoms with Gasteiger partial charge in [-0.1, -0.05) is 36.2 Å². The fraction of sp³-hybridized carbons (Fsp3) is 0.609. The first-order valence-corrected chi connectivity index (χ1v) is 12.6. The van der Waals surface area contributed by atoms with E-state index in [-0.39, 0.29) is 6.04 Å². The first kappa shape index (κ1) is 21.5. The highest BCUT2D eigenvalue weighted by Crippen LogP contribution is 2.34. The number of nitrogens with zero attached hydrogens (tertiary/aromatic N) is 3. The maximum Gasteiger partial charge on any atom is 0.243 e. The average molecular weight is 432 g/mol. The van der Waals surface area contributed by atoms with Crippen molar-refractivity contribution in [3.63, 3.8) is 0 Å². The molecule has 1 atom stereocenters. The van der Waals surface area contributed by atoms with E-state index in [4.69, 9.17) is 4.52 Å². The van der Waals surface area contributed by atoms with Crippen molar-refractivity contribution in [2.75, 3.05) is 19.6 Å². The summed E-state index contributed by atoms with van der Waals surface area (Å²) >= 11 is 0. The molecule has 0 N–H and O–H groups in total. The van der Waals surface area contributed by atoms with Crippen LogP contribution in [-0.2, 0) is 16.6 Å². The van der Waals surface area contributed by atoms with Crippen LogP contribution in [0.5, 0.6) is 0 Å². The molecule has 1 aromatic carbocycles. The summed E-state index contributed by atoms with van der Waals surface area (Å²) in [5, 5.41) is 4.07. The number of hydrogen-bond acceptors (Lipinski definition) is 5. The van der Waals surface area contributed by atoms with E-state index in [1.807, 2.05) is 36.4 Å². The van der Waals surface area contributed by atoms with Crippen molar-refractivity contribution in [3.8, 4) is 0 Å². The van der Waals surface area contributed by atoms with Crippen LogP contribution in [0.3, 0.4) is 0 Å². The van der Waals surface area contributed by atoms with Crippen molar-refractivity contribution in [2.45, 2.75) is 69.9 Å². The smallest absolute Gasteiger partial charge is 0.243 e. The highest BCUT2D eigenvalue weighted by atomic mass is 32.2. The van der Waals surface area contributed by atoms with Gasteiger partial charge in [0.15, 0.2) is 0 Å². The molecule has 6 nitrogen and oxygen atoms in total. The summed E-state index contributed by atoms with van der Waals surface area (Å²) in [6.45, 7) is 7.46. The zero-order valence-electron chi connectivity index (χ0n) is 18.1. The van der Waals surface area contributed by atoms with Gasteiger partial charge in [-0.3, -0.25) is 4.90 Å². The summed E-state index contributed by atoms with van der Waals surface area (Å²) in [5.41, 5.74) is 2.16. The number of piperidine rings is 1. The molecule has 2 saturated heterocycles. The number of benzene rings is 1. The van der Waals surface area contributed by atoms with Crippen LogP contribution in [0.25, 0.3) is 0 Å². The van der Waals surface area contributed by atoms with Gasteiger partial charge in [0.2, 0.25) is 10.0 Å². The van der Waals surface area contributed by atoms with Gasteiger partial charge in [0.25, 0.3) is 0 Å². The third kappa shape index (κ3) is 4.48. The van der Waals surface area contributed by atoms with Crippen LogP contribution >= 0.6 is 0 Å². The van der Waals surface area contributed by atoms with Crippen molar-refractivity contribution >= 4 is 10.0 Å². The van der Waals surface area contributed by atoms with Gasteiger partial charge in [-0.2, -0.15) is 4.31 Å². The first-order chi connectivity index (χ1) is 14.5. The topological polar surface area (TPSA) is 66.7 Å². The molecular formula is C23H33N3O3S. The molecule has 3 heterocycles. The largest absolute Gasteiger partial charge is 0.361 e. The van der Waals surface area contributed by atoms with Crippen LogP contribution in [-0.4, -0.2) is 48.5 Å². The Morgan fingerprint density at radius 3 is 2.40 bits per heavy atom. The van der Waals surface area contributed by atoms with Gasteiger partial charge in [0.1, 0.15) is 5.76 Å². The van der Waals surface area contributed by atoms with Gasteiger partial charge < -0.3 is 4.52 Å². The number of likely N-dealkylation sites (tertiary alicyclic amines) is 1. The van der Waals surface area contributed by atoms with Gasteiger partial charge in [0.05, 0.1) is 10.6 Å². The normalized spacial score (nSPS) is 22.8. The molecule has 2 aliphatic rings. The van der Waals surface area contributed by atoms with Crippen LogP contribution in [0, 0.1) is 19.8 Å². The molecular weight excluding hydrogens is 398 g/mol. The third-order valence-corrected chi connectivity index (χ3v) is 8.78. The molecule has 1 aromatic heterocycles. The minimum atomic E-state index is -3.45. The highest BCUT2D eigenvalue weighted by Gasteiger charge is 2.38. The fourth-order valence-corrected chi connectivity index (χ4v) is 6.83. The maximum atomic E-state index is 13.4. The Bertz CT molecular complexity index is 914. The van der Waals surface area contributed by atoms with E-state index in [0.717, 1.165) is 69.6 Å². The SMILES string of the molecule is Cc1noc(C)c1CN1CCC([C@@H]2CCCCCN2S(=O)(=O)c2ccccc2)CC1. The molecule has 164 valence electrons. The Morgan fingerprint density at radius 1 is 1.00 bits per heavy atom. The Hall–Kier alpha value is -1.70. The summed E-state index contributed by atoms with van der Waals surface area (Å²) in [6.07, 6.45) is 6.23. The predicted octanol–water partition coefficient (Wildman–Crippen LogP) is 4.14. The first-order valence-electron chi connectivity index (χ1n) is 11.2. The number of rotatable bonds is 5. The van der Waals surface area contributed by atoms with E-state index in [0.29, 0.717) is 17.4 Å². The second kappa shape index (κ2) is 9.20. The van der Waals surface area contributed by atoms with Gasteiger partial charge in [-0.25, -0.2) is 8.42 Å². The van der Waals surface area contributed by atoms with Gasteiger partial charge >= 0.3 is 0 Å². The quantitative estimate of drug-likeness (QED) is 0.712. The highest BCUT2D eigenvalue weighted by molar-refractivity contribution is 7.89. The molecule has 2 aromatic rings. The fourth-order valence-electron chi connectivity index (χ4n) is 5.05. The van der Waals surface area contributed by atoms with E-state index in [9.17, 15) is 8.42 Å². The molecule has 2 fully saturated rings. The predicted molar refractivity (Wildman–Crippen MR) is 117 cm³/mol. The molecule has 0 spiro atoms. The zero-order valence-corrected chi connectivity index (χ0v) is 18.9. The molecule has 0 radical (unpaired) electrons. The van der Waals surface area contributed by atoms with E-state index < -0.39 is 10.0 Å². The van der Waals surface area contributed by atoms with Crippen molar-refractivity contribution in [3.05, 3.63) is 47.3 Å². The zero-order chi connectivity index (χ0) is 21.1. The third-order valence-electron chi connectivity index (χ3n) is 6.84.